The molecule has 1 saturated carbocycles. The minimum absolute atomic E-state index is 0.0344. The van der Waals surface area contributed by atoms with Crippen molar-refractivity contribution in [2.24, 2.45) is 17.8 Å². The fraction of sp³-hybridized carbons (Fsp3) is 0.857. The molecule has 1 rings (SSSR count). The molecule has 0 aliphatic heterocycles. The zero-order valence-electron chi connectivity index (χ0n) is 11.6. The molecule has 0 saturated heterocycles. The van der Waals surface area contributed by atoms with Crippen LogP contribution in [-0.2, 0) is 9.59 Å². The summed E-state index contributed by atoms with van der Waals surface area (Å²) in [5.41, 5.74) is 0. The Morgan fingerprint density at radius 3 is 2.22 bits per heavy atom. The Morgan fingerprint density at radius 2 is 1.78 bits per heavy atom. The molecule has 1 aliphatic carbocycles. The lowest BCUT2D eigenvalue weighted by atomic mass is 9.85. The number of amides is 1. The lowest BCUT2D eigenvalue weighted by Gasteiger charge is -2.28. The molecular formula is C14H25NO3. The van der Waals surface area contributed by atoms with Crippen molar-refractivity contribution >= 4 is 11.9 Å². The van der Waals surface area contributed by atoms with Crippen molar-refractivity contribution in [2.75, 3.05) is 0 Å². The highest BCUT2D eigenvalue weighted by Gasteiger charge is 2.28. The Hall–Kier alpha value is -1.06. The molecule has 0 aromatic carbocycles. The largest absolute Gasteiger partial charge is 0.481 e. The van der Waals surface area contributed by atoms with Gasteiger partial charge in [-0.15, -0.1) is 0 Å². The number of nitrogens with one attached hydrogen (secondary N) is 1. The average molecular weight is 255 g/mol. The Morgan fingerprint density at radius 1 is 1.22 bits per heavy atom. The molecule has 104 valence electrons. The quantitative estimate of drug-likeness (QED) is 0.793. The van der Waals surface area contributed by atoms with Crippen molar-refractivity contribution in [1.82, 2.24) is 5.32 Å². The minimum atomic E-state index is -0.701. The second-order valence-electron chi connectivity index (χ2n) is 5.57. The van der Waals surface area contributed by atoms with E-state index in [1.54, 1.807) is 0 Å². The van der Waals surface area contributed by atoms with E-state index in [9.17, 15) is 9.59 Å². The van der Waals surface area contributed by atoms with E-state index in [0.717, 1.165) is 19.3 Å². The predicted molar refractivity (Wildman–Crippen MR) is 70.1 cm³/mol. The van der Waals surface area contributed by atoms with E-state index in [4.69, 9.17) is 5.11 Å². The molecule has 0 heterocycles. The molecule has 2 unspecified atom stereocenters. The van der Waals surface area contributed by atoms with Crippen LogP contribution < -0.4 is 5.32 Å². The number of rotatable bonds is 5. The number of aliphatic carboxylic acids is 1. The van der Waals surface area contributed by atoms with Crippen molar-refractivity contribution in [3.63, 3.8) is 0 Å². The molecule has 18 heavy (non-hydrogen) atoms. The van der Waals surface area contributed by atoms with E-state index in [1.807, 2.05) is 6.92 Å². The first-order chi connectivity index (χ1) is 8.45. The average Bonchev–Trinajstić information content (AvgIpc) is 2.37. The molecule has 0 aromatic heterocycles. The summed E-state index contributed by atoms with van der Waals surface area (Å²) in [7, 11) is 0. The van der Waals surface area contributed by atoms with Crippen molar-refractivity contribution in [1.29, 1.82) is 0 Å². The lowest BCUT2D eigenvalue weighted by Crippen LogP contribution is -2.42. The van der Waals surface area contributed by atoms with Crippen molar-refractivity contribution in [2.45, 2.75) is 58.9 Å². The van der Waals surface area contributed by atoms with Gasteiger partial charge in [0.05, 0.1) is 5.92 Å². The van der Waals surface area contributed by atoms with Gasteiger partial charge >= 0.3 is 5.97 Å². The molecule has 1 fully saturated rings. The third-order valence-corrected chi connectivity index (χ3v) is 4.33. The number of carboxylic acids is 1. The van der Waals surface area contributed by atoms with E-state index in [1.165, 1.54) is 0 Å². The third kappa shape index (κ3) is 4.00. The normalized spacial score (nSPS) is 27.3. The maximum atomic E-state index is 12.0. The van der Waals surface area contributed by atoms with Gasteiger partial charge < -0.3 is 10.4 Å². The van der Waals surface area contributed by atoms with Crippen LogP contribution in [0.15, 0.2) is 0 Å². The summed E-state index contributed by atoms with van der Waals surface area (Å²) in [4.78, 5) is 22.8. The van der Waals surface area contributed by atoms with Crippen LogP contribution in [0.5, 0.6) is 0 Å². The van der Waals surface area contributed by atoms with Gasteiger partial charge in [-0.05, 0) is 31.6 Å². The van der Waals surface area contributed by atoms with Crippen molar-refractivity contribution in [3.8, 4) is 0 Å². The molecule has 2 atom stereocenters. The first-order valence-electron chi connectivity index (χ1n) is 6.98. The molecule has 1 amide bonds. The fourth-order valence-electron chi connectivity index (χ4n) is 2.43. The van der Waals surface area contributed by atoms with Gasteiger partial charge in [0.1, 0.15) is 0 Å². The standard InChI is InChI=1S/C14H25NO3/c1-4-9(2)10(3)13(16)15-12-7-5-11(6-8-12)14(17)18/h9-12H,4-8H2,1-3H3,(H,15,16)(H,17,18). The first kappa shape index (κ1) is 15.0. The summed E-state index contributed by atoms with van der Waals surface area (Å²) in [5.74, 6) is -0.381. The van der Waals surface area contributed by atoms with Crippen LogP contribution in [0.1, 0.15) is 52.9 Å². The molecular weight excluding hydrogens is 230 g/mol. The van der Waals surface area contributed by atoms with Gasteiger partial charge in [0.2, 0.25) is 5.91 Å². The summed E-state index contributed by atoms with van der Waals surface area (Å²) >= 11 is 0. The van der Waals surface area contributed by atoms with Crippen LogP contribution in [0.4, 0.5) is 0 Å². The molecule has 0 spiro atoms. The first-order valence-corrected chi connectivity index (χ1v) is 6.98. The molecule has 0 radical (unpaired) electrons. The number of carboxylic acid groups (broad SMARTS) is 1. The fourth-order valence-corrected chi connectivity index (χ4v) is 2.43. The van der Waals surface area contributed by atoms with Gasteiger partial charge in [0.25, 0.3) is 0 Å². The van der Waals surface area contributed by atoms with Gasteiger partial charge in [-0.1, -0.05) is 27.2 Å². The third-order valence-electron chi connectivity index (χ3n) is 4.33. The van der Waals surface area contributed by atoms with E-state index >= 15 is 0 Å². The number of hydrogen-bond acceptors (Lipinski definition) is 2. The Bertz CT molecular complexity index is 295. The summed E-state index contributed by atoms with van der Waals surface area (Å²) in [6.07, 6.45) is 3.93. The monoisotopic (exact) mass is 255 g/mol. The Balaban J connectivity index is 2.36. The number of carbonyl (C=O) groups excluding carboxylic acids is 1. The van der Waals surface area contributed by atoms with E-state index in [0.29, 0.717) is 18.8 Å². The predicted octanol–water partition coefficient (Wildman–Crippen LogP) is 2.43. The SMILES string of the molecule is CCC(C)C(C)C(=O)NC1CCC(C(=O)O)CC1. The topological polar surface area (TPSA) is 66.4 Å². The van der Waals surface area contributed by atoms with Gasteiger partial charge in [0, 0.05) is 12.0 Å². The summed E-state index contributed by atoms with van der Waals surface area (Å²) in [6.45, 7) is 6.14. The number of hydrogen-bond donors (Lipinski definition) is 2. The van der Waals surface area contributed by atoms with E-state index in [-0.39, 0.29) is 23.8 Å². The second-order valence-corrected chi connectivity index (χ2v) is 5.57. The van der Waals surface area contributed by atoms with Crippen LogP contribution in [0, 0.1) is 17.8 Å². The molecule has 0 bridgehead atoms. The van der Waals surface area contributed by atoms with Crippen LogP contribution in [-0.4, -0.2) is 23.0 Å². The summed E-state index contributed by atoms with van der Waals surface area (Å²) < 4.78 is 0. The van der Waals surface area contributed by atoms with Crippen LogP contribution in [0.3, 0.4) is 0 Å². The van der Waals surface area contributed by atoms with Crippen molar-refractivity contribution in [3.05, 3.63) is 0 Å². The molecule has 4 heteroatoms. The molecule has 1 aliphatic rings. The molecule has 4 nitrogen and oxygen atoms in total. The summed E-state index contributed by atoms with van der Waals surface area (Å²) in [6, 6.07) is 0.166. The number of carbonyl (C=O) groups is 2. The Labute approximate surface area is 109 Å². The van der Waals surface area contributed by atoms with Crippen LogP contribution in [0.2, 0.25) is 0 Å². The summed E-state index contributed by atoms with van der Waals surface area (Å²) in [5, 5.41) is 12.0. The maximum Gasteiger partial charge on any atom is 0.306 e. The molecule has 0 aromatic rings. The van der Waals surface area contributed by atoms with Gasteiger partial charge in [-0.2, -0.15) is 0 Å². The highest BCUT2D eigenvalue weighted by atomic mass is 16.4. The lowest BCUT2D eigenvalue weighted by molar-refractivity contribution is -0.142. The maximum absolute atomic E-state index is 12.0. The van der Waals surface area contributed by atoms with Gasteiger partial charge in [-0.25, -0.2) is 0 Å². The Kier molecular flexibility index (Phi) is 5.63. The zero-order chi connectivity index (χ0) is 13.7. The van der Waals surface area contributed by atoms with Crippen LogP contribution in [0.25, 0.3) is 0 Å². The van der Waals surface area contributed by atoms with Gasteiger partial charge in [-0.3, -0.25) is 9.59 Å². The smallest absolute Gasteiger partial charge is 0.306 e. The van der Waals surface area contributed by atoms with Crippen molar-refractivity contribution < 1.29 is 14.7 Å². The molecule has 2 N–H and O–H groups in total. The van der Waals surface area contributed by atoms with E-state index < -0.39 is 5.97 Å². The van der Waals surface area contributed by atoms with E-state index in [2.05, 4.69) is 19.2 Å². The minimum Gasteiger partial charge on any atom is -0.481 e. The van der Waals surface area contributed by atoms with Gasteiger partial charge in [0.15, 0.2) is 0 Å². The highest BCUT2D eigenvalue weighted by molar-refractivity contribution is 5.79. The highest BCUT2D eigenvalue weighted by Crippen LogP contribution is 2.25. The van der Waals surface area contributed by atoms with Crippen LogP contribution >= 0.6 is 0 Å². The zero-order valence-corrected chi connectivity index (χ0v) is 11.6. The second kappa shape index (κ2) is 6.76.